The summed E-state index contributed by atoms with van der Waals surface area (Å²) in [5.41, 5.74) is 1.74. The first-order chi connectivity index (χ1) is 15.0. The third-order valence-electron chi connectivity index (χ3n) is 5.21. The van der Waals surface area contributed by atoms with Gasteiger partial charge in [0.1, 0.15) is 11.5 Å². The predicted octanol–water partition coefficient (Wildman–Crippen LogP) is 4.85. The summed E-state index contributed by atoms with van der Waals surface area (Å²) in [4.78, 5) is 14.3. The van der Waals surface area contributed by atoms with Crippen LogP contribution in [-0.2, 0) is 11.3 Å². The molecule has 0 aromatic heterocycles. The second-order valence-electron chi connectivity index (χ2n) is 7.28. The second-order valence-corrected chi connectivity index (χ2v) is 8.08. The van der Waals surface area contributed by atoms with Crippen molar-refractivity contribution in [3.63, 3.8) is 0 Å². The molecule has 1 saturated heterocycles. The van der Waals surface area contributed by atoms with Crippen LogP contribution in [0.1, 0.15) is 12.0 Å². The van der Waals surface area contributed by atoms with Gasteiger partial charge in [0.25, 0.3) is 0 Å². The molecular weight excluding hydrogens is 460 g/mol. The Bertz CT molecular complexity index is 1060. The Labute approximate surface area is 189 Å². The average Bonchev–Trinajstić information content (AvgIpc) is 3.16. The van der Waals surface area contributed by atoms with Crippen molar-refractivity contribution in [2.75, 3.05) is 18.6 Å². The number of hydrogen-bond donors (Lipinski definition) is 2. The predicted molar refractivity (Wildman–Crippen MR) is 123 cm³/mol. The first-order valence-electron chi connectivity index (χ1n) is 9.96. The van der Waals surface area contributed by atoms with Gasteiger partial charge in [-0.05, 0) is 64.0 Å². The monoisotopic (exact) mass is 482 g/mol. The Hall–Kier alpha value is -3.03. The molecule has 31 heavy (non-hydrogen) atoms. The number of aromatic hydroxyl groups is 1. The second kappa shape index (κ2) is 9.41. The molecule has 0 bridgehead atoms. The molecule has 4 rings (SSSR count). The van der Waals surface area contributed by atoms with Gasteiger partial charge < -0.3 is 24.8 Å². The molecule has 1 aliphatic heterocycles. The van der Waals surface area contributed by atoms with Crippen LogP contribution in [0, 0.1) is 0 Å². The van der Waals surface area contributed by atoms with Crippen molar-refractivity contribution in [1.29, 1.82) is 0 Å². The number of phenols is 1. The number of nitrogens with one attached hydrogen (secondary N) is 1. The molecule has 6 nitrogen and oxygen atoms in total. The van der Waals surface area contributed by atoms with E-state index in [0.29, 0.717) is 29.7 Å². The number of halogens is 1. The lowest BCUT2D eigenvalue weighted by molar-refractivity contribution is -0.117. The molecule has 2 N–H and O–H groups in total. The van der Waals surface area contributed by atoms with E-state index in [1.54, 1.807) is 11.0 Å². The summed E-state index contributed by atoms with van der Waals surface area (Å²) >= 11 is 3.41. The van der Waals surface area contributed by atoms with E-state index in [9.17, 15) is 9.90 Å². The molecule has 3 aromatic carbocycles. The summed E-state index contributed by atoms with van der Waals surface area (Å²) in [6.07, 6.45) is 0.419. The fraction of sp³-hybridized carbons (Fsp3) is 0.208. The van der Waals surface area contributed by atoms with E-state index in [1.807, 2.05) is 60.7 Å². The summed E-state index contributed by atoms with van der Waals surface area (Å²) in [6.45, 7) is 1.10. The van der Waals surface area contributed by atoms with E-state index in [4.69, 9.17) is 9.47 Å². The number of para-hydroxylation sites is 1. The van der Waals surface area contributed by atoms with Crippen LogP contribution >= 0.6 is 15.9 Å². The van der Waals surface area contributed by atoms with Gasteiger partial charge in [-0.3, -0.25) is 4.79 Å². The largest absolute Gasteiger partial charge is 0.503 e. The lowest BCUT2D eigenvalue weighted by atomic mass is 10.1. The van der Waals surface area contributed by atoms with Crippen LogP contribution in [-0.4, -0.2) is 30.7 Å². The molecule has 1 atom stereocenters. The third kappa shape index (κ3) is 4.84. The van der Waals surface area contributed by atoms with E-state index in [1.165, 1.54) is 7.11 Å². The molecule has 0 aliphatic carbocycles. The number of anilines is 1. The molecule has 1 amide bonds. The summed E-state index contributed by atoms with van der Waals surface area (Å²) < 4.78 is 11.5. The summed E-state index contributed by atoms with van der Waals surface area (Å²) in [5.74, 6) is 2.06. The summed E-state index contributed by atoms with van der Waals surface area (Å²) in [7, 11) is 1.51. The zero-order valence-corrected chi connectivity index (χ0v) is 18.6. The minimum Gasteiger partial charge on any atom is -0.503 e. The maximum atomic E-state index is 12.6. The molecule has 0 spiro atoms. The standard InChI is InChI=1S/C24H23BrN2O4/c1-30-21-12-7-16(23(25)24(21)29)14-26-17-13-22(28)27(15-17)18-8-10-20(11-9-18)31-19-5-3-2-4-6-19/h2-12,17,26,29H,13-15H2,1H3. The van der Waals surface area contributed by atoms with Crippen LogP contribution in [0.2, 0.25) is 0 Å². The van der Waals surface area contributed by atoms with Crippen LogP contribution in [0.5, 0.6) is 23.0 Å². The lowest BCUT2D eigenvalue weighted by Crippen LogP contribution is -2.32. The number of ether oxygens (including phenoxy) is 2. The highest BCUT2D eigenvalue weighted by molar-refractivity contribution is 9.10. The highest BCUT2D eigenvalue weighted by Gasteiger charge is 2.30. The Morgan fingerprint density at radius 1 is 1.06 bits per heavy atom. The van der Waals surface area contributed by atoms with Gasteiger partial charge in [-0.15, -0.1) is 0 Å². The van der Waals surface area contributed by atoms with Crippen molar-refractivity contribution >= 4 is 27.5 Å². The van der Waals surface area contributed by atoms with Crippen molar-refractivity contribution in [2.45, 2.75) is 19.0 Å². The van der Waals surface area contributed by atoms with Gasteiger partial charge in [0.2, 0.25) is 5.91 Å². The van der Waals surface area contributed by atoms with Crippen molar-refractivity contribution < 1.29 is 19.4 Å². The normalized spacial score (nSPS) is 15.9. The number of hydrogen-bond acceptors (Lipinski definition) is 5. The smallest absolute Gasteiger partial charge is 0.228 e. The fourth-order valence-corrected chi connectivity index (χ4v) is 4.02. The van der Waals surface area contributed by atoms with Gasteiger partial charge in [-0.2, -0.15) is 0 Å². The van der Waals surface area contributed by atoms with Crippen LogP contribution in [0.25, 0.3) is 0 Å². The molecule has 1 fully saturated rings. The number of benzene rings is 3. The number of rotatable bonds is 7. The quantitative estimate of drug-likeness (QED) is 0.503. The third-order valence-corrected chi connectivity index (χ3v) is 6.10. The van der Waals surface area contributed by atoms with Gasteiger partial charge >= 0.3 is 0 Å². The average molecular weight is 483 g/mol. The number of methoxy groups -OCH3 is 1. The molecule has 1 aliphatic rings. The minimum absolute atomic E-state index is 0.0175. The van der Waals surface area contributed by atoms with E-state index in [0.717, 1.165) is 22.7 Å². The summed E-state index contributed by atoms with van der Waals surface area (Å²) in [6, 6.07) is 20.7. The molecular formula is C24H23BrN2O4. The molecule has 160 valence electrons. The van der Waals surface area contributed by atoms with E-state index >= 15 is 0 Å². The first kappa shape index (κ1) is 21.2. The van der Waals surface area contributed by atoms with Crippen LogP contribution in [0.3, 0.4) is 0 Å². The number of nitrogens with zero attached hydrogens (tertiary/aromatic N) is 1. The first-order valence-corrected chi connectivity index (χ1v) is 10.8. The van der Waals surface area contributed by atoms with Crippen molar-refractivity contribution in [1.82, 2.24) is 5.32 Å². The van der Waals surface area contributed by atoms with Crippen molar-refractivity contribution in [2.24, 2.45) is 0 Å². The van der Waals surface area contributed by atoms with Gasteiger partial charge in [0.15, 0.2) is 11.5 Å². The molecule has 0 saturated carbocycles. The van der Waals surface area contributed by atoms with Crippen molar-refractivity contribution in [3.8, 4) is 23.0 Å². The zero-order valence-electron chi connectivity index (χ0n) is 17.0. The Balaban J connectivity index is 1.36. The minimum atomic E-state index is 0.0175. The molecule has 3 aromatic rings. The van der Waals surface area contributed by atoms with E-state index in [2.05, 4.69) is 21.2 Å². The van der Waals surface area contributed by atoms with E-state index in [-0.39, 0.29) is 17.7 Å². The lowest BCUT2D eigenvalue weighted by Gasteiger charge is -2.18. The molecule has 1 unspecified atom stereocenters. The van der Waals surface area contributed by atoms with Crippen molar-refractivity contribution in [3.05, 3.63) is 76.8 Å². The molecule has 0 radical (unpaired) electrons. The van der Waals surface area contributed by atoms with Gasteiger partial charge in [0, 0.05) is 31.2 Å². The fourth-order valence-electron chi connectivity index (χ4n) is 3.56. The van der Waals surface area contributed by atoms with Gasteiger partial charge in [0.05, 0.1) is 11.6 Å². The number of carbonyl (C=O) groups is 1. The van der Waals surface area contributed by atoms with Gasteiger partial charge in [-0.1, -0.05) is 24.3 Å². The highest BCUT2D eigenvalue weighted by atomic mass is 79.9. The van der Waals surface area contributed by atoms with Crippen LogP contribution < -0.4 is 19.7 Å². The topological polar surface area (TPSA) is 71.0 Å². The molecule has 1 heterocycles. The number of carbonyl (C=O) groups excluding carboxylic acids is 1. The highest BCUT2D eigenvalue weighted by Crippen LogP contribution is 2.36. The number of phenolic OH excluding ortho intramolecular Hbond substituents is 1. The SMILES string of the molecule is COc1ccc(CNC2CC(=O)N(c3ccc(Oc4ccccc4)cc3)C2)c(Br)c1O. The Morgan fingerprint density at radius 2 is 1.77 bits per heavy atom. The van der Waals surface area contributed by atoms with Crippen LogP contribution in [0.15, 0.2) is 71.2 Å². The Kier molecular flexibility index (Phi) is 6.44. The maximum Gasteiger partial charge on any atom is 0.228 e. The summed E-state index contributed by atoms with van der Waals surface area (Å²) in [5, 5.41) is 13.6. The maximum absolute atomic E-state index is 12.6. The Morgan fingerprint density at radius 3 is 2.48 bits per heavy atom. The zero-order chi connectivity index (χ0) is 21.8. The van der Waals surface area contributed by atoms with E-state index < -0.39 is 0 Å². The van der Waals surface area contributed by atoms with Crippen LogP contribution in [0.4, 0.5) is 5.69 Å². The number of amides is 1. The molecule has 7 heteroatoms. The van der Waals surface area contributed by atoms with Gasteiger partial charge in [-0.25, -0.2) is 0 Å².